The molecule has 1 aliphatic carbocycles. The van der Waals surface area contributed by atoms with Crippen molar-refractivity contribution in [2.24, 2.45) is 11.8 Å². The molecule has 3 atom stereocenters. The van der Waals surface area contributed by atoms with Gasteiger partial charge in [0.1, 0.15) is 22.5 Å². The number of rotatable bonds is 5. The number of aryl methyl sites for hydroxylation is 1. The van der Waals surface area contributed by atoms with Crippen molar-refractivity contribution in [1.82, 2.24) is 9.88 Å². The van der Waals surface area contributed by atoms with Gasteiger partial charge < -0.3 is 15.0 Å². The maximum atomic E-state index is 13.4. The first-order valence-electron chi connectivity index (χ1n) is 9.48. The number of carbonyl (C=O) groups excluding carboxylic acids is 1. The third kappa shape index (κ3) is 3.65. The number of nitrogens with zero attached hydrogens (tertiary/aromatic N) is 2. The number of fused-ring (bicyclic) bond motifs is 1. The van der Waals surface area contributed by atoms with Crippen LogP contribution < -0.4 is 10.1 Å². The molecule has 4 rings (SSSR count). The summed E-state index contributed by atoms with van der Waals surface area (Å²) in [6.45, 7) is 6.14. The smallest absolute Gasteiger partial charge is 0.265 e. The normalized spacial score (nSPS) is 24.1. The van der Waals surface area contributed by atoms with Crippen molar-refractivity contribution in [1.29, 1.82) is 0 Å². The summed E-state index contributed by atoms with van der Waals surface area (Å²) in [6.07, 6.45) is 2.03. The molecule has 1 N–H and O–H groups in total. The lowest BCUT2D eigenvalue weighted by Crippen LogP contribution is -2.32. The zero-order chi connectivity index (χ0) is 19.0. The monoisotopic (exact) mass is 389 g/mol. The lowest BCUT2D eigenvalue weighted by Gasteiger charge is -2.22. The molecule has 0 unspecified atom stereocenters. The van der Waals surface area contributed by atoms with Gasteiger partial charge in [-0.1, -0.05) is 17.4 Å². The average molecular weight is 389 g/mol. The Hall–Kier alpha value is -2.15. The minimum Gasteiger partial charge on any atom is -0.490 e. The van der Waals surface area contributed by atoms with Gasteiger partial charge in [0.15, 0.2) is 5.13 Å². The number of carbonyl (C=O) groups is 1. The lowest BCUT2D eigenvalue weighted by molar-refractivity contribution is 0.0766. The maximum Gasteiger partial charge on any atom is 0.265 e. The molecule has 27 heavy (non-hydrogen) atoms. The van der Waals surface area contributed by atoms with Crippen LogP contribution >= 0.6 is 11.3 Å². The fourth-order valence-corrected chi connectivity index (χ4v) is 5.21. The number of aromatic nitrogens is 1. The van der Waals surface area contributed by atoms with Gasteiger partial charge in [-0.25, -0.2) is 9.37 Å². The van der Waals surface area contributed by atoms with E-state index < -0.39 is 0 Å². The number of halogens is 1. The quantitative estimate of drug-likeness (QED) is 0.841. The molecular weight excluding hydrogens is 365 g/mol. The fraction of sp³-hybridized carbons (Fsp3) is 0.500. The molecule has 0 radical (unpaired) electrons. The Balaban J connectivity index is 1.44. The van der Waals surface area contributed by atoms with E-state index in [-0.39, 0.29) is 17.8 Å². The second-order valence-corrected chi connectivity index (χ2v) is 8.29. The van der Waals surface area contributed by atoms with E-state index in [1.165, 1.54) is 23.5 Å². The van der Waals surface area contributed by atoms with Gasteiger partial charge >= 0.3 is 0 Å². The highest BCUT2D eigenvalue weighted by molar-refractivity contribution is 7.17. The van der Waals surface area contributed by atoms with Gasteiger partial charge in [-0.3, -0.25) is 4.79 Å². The van der Waals surface area contributed by atoms with Crippen molar-refractivity contribution in [2.45, 2.75) is 32.8 Å². The molecule has 5 nitrogen and oxygen atoms in total. The molecule has 1 amide bonds. The van der Waals surface area contributed by atoms with E-state index in [4.69, 9.17) is 4.74 Å². The summed E-state index contributed by atoms with van der Waals surface area (Å²) in [4.78, 5) is 20.1. The van der Waals surface area contributed by atoms with Gasteiger partial charge in [-0.05, 0) is 44.7 Å². The van der Waals surface area contributed by atoms with Gasteiger partial charge in [0, 0.05) is 31.6 Å². The Morgan fingerprint density at radius 1 is 1.41 bits per heavy atom. The molecule has 1 saturated carbocycles. The minimum atomic E-state index is -0.289. The van der Waals surface area contributed by atoms with E-state index in [1.807, 2.05) is 18.7 Å². The third-order valence-corrected chi connectivity index (χ3v) is 6.58. The van der Waals surface area contributed by atoms with Crippen LogP contribution in [0.4, 0.5) is 9.52 Å². The van der Waals surface area contributed by atoms with Crippen LogP contribution in [0.1, 0.15) is 35.1 Å². The summed E-state index contributed by atoms with van der Waals surface area (Å²) >= 11 is 1.43. The first kappa shape index (κ1) is 18.2. The Morgan fingerprint density at radius 3 is 3.04 bits per heavy atom. The molecule has 144 valence electrons. The van der Waals surface area contributed by atoms with Gasteiger partial charge in [0.25, 0.3) is 5.91 Å². The second-order valence-electron chi connectivity index (χ2n) is 7.29. The zero-order valence-electron chi connectivity index (χ0n) is 15.6. The highest BCUT2D eigenvalue weighted by Gasteiger charge is 2.45. The van der Waals surface area contributed by atoms with Crippen LogP contribution in [0.2, 0.25) is 0 Å². The SMILES string of the molecule is CCNc1nc(C)c(C(=O)N2C[C@@H]3CC[C@H](Oc4cccc(F)c4)[C@@H]3C2)s1. The highest BCUT2D eigenvalue weighted by atomic mass is 32.1. The van der Waals surface area contributed by atoms with Crippen LogP contribution in [0.3, 0.4) is 0 Å². The van der Waals surface area contributed by atoms with E-state index in [0.717, 1.165) is 36.8 Å². The van der Waals surface area contributed by atoms with Crippen molar-refractivity contribution in [2.75, 3.05) is 25.0 Å². The number of ether oxygens (including phenoxy) is 1. The Labute approximate surface area is 162 Å². The van der Waals surface area contributed by atoms with Gasteiger partial charge in [0.05, 0.1) is 5.69 Å². The molecule has 1 aliphatic heterocycles. The molecule has 1 saturated heterocycles. The van der Waals surface area contributed by atoms with Crippen LogP contribution in [0, 0.1) is 24.6 Å². The van der Waals surface area contributed by atoms with Crippen LogP contribution in [0.5, 0.6) is 5.75 Å². The molecular formula is C20H24FN3O2S. The molecule has 1 aromatic heterocycles. The summed E-state index contributed by atoms with van der Waals surface area (Å²) in [7, 11) is 0. The van der Waals surface area contributed by atoms with Crippen LogP contribution in [0.15, 0.2) is 24.3 Å². The first-order valence-corrected chi connectivity index (χ1v) is 10.3. The summed E-state index contributed by atoms with van der Waals surface area (Å²) in [5.41, 5.74) is 0.783. The standard InChI is InChI=1S/C20H24FN3O2S/c1-3-22-20-23-12(2)18(27-20)19(25)24-10-13-7-8-17(16(13)11-24)26-15-6-4-5-14(21)9-15/h4-6,9,13,16-17H,3,7-8,10-11H2,1-2H3,(H,22,23)/t13-,16+,17-/m0/s1. The topological polar surface area (TPSA) is 54.5 Å². The van der Waals surface area contributed by atoms with Crippen LogP contribution in [0.25, 0.3) is 0 Å². The summed E-state index contributed by atoms with van der Waals surface area (Å²) in [5, 5.41) is 3.98. The number of nitrogens with one attached hydrogen (secondary N) is 1. The van der Waals surface area contributed by atoms with Gasteiger partial charge in [0.2, 0.25) is 0 Å². The fourth-order valence-electron chi connectivity index (χ4n) is 4.21. The van der Waals surface area contributed by atoms with Crippen LogP contribution in [-0.4, -0.2) is 41.5 Å². The van der Waals surface area contributed by atoms with E-state index in [0.29, 0.717) is 29.0 Å². The number of benzene rings is 1. The first-order chi connectivity index (χ1) is 13.0. The molecule has 2 fully saturated rings. The van der Waals surface area contributed by atoms with Gasteiger partial charge in [-0.15, -0.1) is 0 Å². The Kier molecular flexibility index (Phi) is 5.04. The Morgan fingerprint density at radius 2 is 2.26 bits per heavy atom. The number of hydrogen-bond acceptors (Lipinski definition) is 5. The molecule has 0 spiro atoms. The molecule has 0 bridgehead atoms. The predicted octanol–water partition coefficient (Wildman–Crippen LogP) is 3.95. The number of likely N-dealkylation sites (tertiary alicyclic amines) is 1. The summed E-state index contributed by atoms with van der Waals surface area (Å²) in [6, 6.07) is 6.29. The van der Waals surface area contributed by atoms with Crippen LogP contribution in [-0.2, 0) is 0 Å². The molecule has 1 aromatic carbocycles. The van der Waals surface area contributed by atoms with Crippen molar-refractivity contribution < 1.29 is 13.9 Å². The summed E-state index contributed by atoms with van der Waals surface area (Å²) < 4.78 is 19.5. The molecule has 7 heteroatoms. The van der Waals surface area contributed by atoms with E-state index in [9.17, 15) is 9.18 Å². The summed E-state index contributed by atoms with van der Waals surface area (Å²) in [5.74, 6) is 1.10. The average Bonchev–Trinajstić information content (AvgIpc) is 3.31. The van der Waals surface area contributed by atoms with E-state index in [1.54, 1.807) is 12.1 Å². The van der Waals surface area contributed by atoms with Gasteiger partial charge in [-0.2, -0.15) is 0 Å². The predicted molar refractivity (Wildman–Crippen MR) is 104 cm³/mol. The number of hydrogen-bond donors (Lipinski definition) is 1. The Bertz CT molecular complexity index is 840. The lowest BCUT2D eigenvalue weighted by atomic mass is 9.99. The van der Waals surface area contributed by atoms with E-state index >= 15 is 0 Å². The number of amides is 1. The van der Waals surface area contributed by atoms with Crippen molar-refractivity contribution in [3.05, 3.63) is 40.7 Å². The number of thiazole rings is 1. The van der Waals surface area contributed by atoms with Crippen molar-refractivity contribution in [3.8, 4) is 5.75 Å². The minimum absolute atomic E-state index is 0.0366. The highest BCUT2D eigenvalue weighted by Crippen LogP contribution is 2.41. The largest absolute Gasteiger partial charge is 0.490 e. The second kappa shape index (κ2) is 7.46. The number of anilines is 1. The van der Waals surface area contributed by atoms with Crippen molar-refractivity contribution in [3.63, 3.8) is 0 Å². The van der Waals surface area contributed by atoms with Crippen molar-refractivity contribution >= 4 is 22.4 Å². The zero-order valence-corrected chi connectivity index (χ0v) is 16.4. The molecule has 2 aromatic rings. The third-order valence-electron chi connectivity index (χ3n) is 5.48. The molecule has 2 aliphatic rings. The van der Waals surface area contributed by atoms with E-state index in [2.05, 4.69) is 10.3 Å². The maximum absolute atomic E-state index is 13.4. The molecule has 2 heterocycles.